The van der Waals surface area contributed by atoms with E-state index in [9.17, 15) is 4.79 Å². The van der Waals surface area contributed by atoms with E-state index in [4.69, 9.17) is 0 Å². The van der Waals surface area contributed by atoms with Crippen LogP contribution < -0.4 is 5.32 Å². The lowest BCUT2D eigenvalue weighted by atomic mass is 9.97. The highest BCUT2D eigenvalue weighted by molar-refractivity contribution is 5.74. The van der Waals surface area contributed by atoms with Gasteiger partial charge in [0.05, 0.1) is 11.7 Å². The lowest BCUT2D eigenvalue weighted by Gasteiger charge is -2.29. The van der Waals surface area contributed by atoms with Crippen molar-refractivity contribution < 1.29 is 4.79 Å². The molecule has 3 rings (SSSR count). The van der Waals surface area contributed by atoms with Crippen LogP contribution in [-0.2, 0) is 0 Å². The predicted octanol–water partition coefficient (Wildman–Crippen LogP) is 4.08. The molecule has 1 aromatic carbocycles. The number of carbonyl (C=O) groups is 1. The first-order chi connectivity index (χ1) is 12.6. The van der Waals surface area contributed by atoms with Gasteiger partial charge < -0.3 is 10.2 Å². The van der Waals surface area contributed by atoms with Crippen molar-refractivity contribution in [2.45, 2.75) is 64.0 Å². The van der Waals surface area contributed by atoms with Gasteiger partial charge in [0.25, 0.3) is 0 Å². The normalized spacial score (nSPS) is 17.2. The van der Waals surface area contributed by atoms with Gasteiger partial charge in [-0.1, -0.05) is 44.2 Å². The molecule has 1 aliphatic rings. The molecule has 26 heavy (non-hydrogen) atoms. The van der Waals surface area contributed by atoms with Gasteiger partial charge in [0.1, 0.15) is 12.7 Å². The van der Waals surface area contributed by atoms with Crippen molar-refractivity contribution in [2.75, 3.05) is 7.05 Å². The first kappa shape index (κ1) is 18.4. The molecule has 0 bridgehead atoms. The van der Waals surface area contributed by atoms with Crippen LogP contribution in [0.2, 0.25) is 0 Å². The standard InChI is InChI=1S/C20H29N5O/c1-16(17-10-12-19(13-11-17)25-15-21-14-22-25)24(2)20(26)23-18-8-6-4-3-5-7-9-18/h10-16,18H,3-9H2,1-2H3,(H,23,26)/t16-/m1/s1. The van der Waals surface area contributed by atoms with Gasteiger partial charge >= 0.3 is 6.03 Å². The molecule has 1 heterocycles. The minimum Gasteiger partial charge on any atom is -0.335 e. The van der Waals surface area contributed by atoms with Crippen molar-refractivity contribution in [1.82, 2.24) is 25.0 Å². The topological polar surface area (TPSA) is 63.1 Å². The number of amides is 2. The number of urea groups is 1. The van der Waals surface area contributed by atoms with E-state index in [0.717, 1.165) is 24.1 Å². The third kappa shape index (κ3) is 4.62. The monoisotopic (exact) mass is 355 g/mol. The molecule has 140 valence electrons. The Morgan fingerprint density at radius 1 is 1.15 bits per heavy atom. The number of carbonyl (C=O) groups excluding carboxylic acids is 1. The van der Waals surface area contributed by atoms with Gasteiger partial charge in [-0.05, 0) is 37.5 Å². The zero-order chi connectivity index (χ0) is 18.4. The fourth-order valence-electron chi connectivity index (χ4n) is 3.52. The first-order valence-corrected chi connectivity index (χ1v) is 9.63. The lowest BCUT2D eigenvalue weighted by molar-refractivity contribution is 0.187. The molecule has 1 atom stereocenters. The highest BCUT2D eigenvalue weighted by atomic mass is 16.2. The van der Waals surface area contributed by atoms with E-state index in [2.05, 4.69) is 22.3 Å². The summed E-state index contributed by atoms with van der Waals surface area (Å²) in [6.07, 6.45) is 11.7. The van der Waals surface area contributed by atoms with E-state index in [1.807, 2.05) is 31.3 Å². The summed E-state index contributed by atoms with van der Waals surface area (Å²) in [6.45, 7) is 2.06. The number of nitrogens with one attached hydrogen (secondary N) is 1. The van der Waals surface area contributed by atoms with E-state index in [0.29, 0.717) is 6.04 Å². The summed E-state index contributed by atoms with van der Waals surface area (Å²) >= 11 is 0. The van der Waals surface area contributed by atoms with Gasteiger partial charge in [-0.2, -0.15) is 5.10 Å². The van der Waals surface area contributed by atoms with Gasteiger partial charge in [-0.3, -0.25) is 0 Å². The van der Waals surface area contributed by atoms with E-state index < -0.39 is 0 Å². The summed E-state index contributed by atoms with van der Waals surface area (Å²) in [7, 11) is 1.87. The van der Waals surface area contributed by atoms with Gasteiger partial charge in [0, 0.05) is 13.1 Å². The van der Waals surface area contributed by atoms with Gasteiger partial charge in [-0.25, -0.2) is 14.5 Å². The van der Waals surface area contributed by atoms with Crippen molar-refractivity contribution in [2.24, 2.45) is 0 Å². The second kappa shape index (κ2) is 8.83. The summed E-state index contributed by atoms with van der Waals surface area (Å²) in [4.78, 5) is 18.4. The second-order valence-electron chi connectivity index (χ2n) is 7.21. The average Bonchev–Trinajstić information content (AvgIpc) is 3.17. The molecular formula is C20H29N5O. The van der Waals surface area contributed by atoms with Crippen molar-refractivity contribution in [3.05, 3.63) is 42.5 Å². The molecule has 6 heteroatoms. The molecule has 1 saturated carbocycles. The first-order valence-electron chi connectivity index (χ1n) is 9.63. The Bertz CT molecular complexity index is 675. The maximum absolute atomic E-state index is 12.7. The maximum Gasteiger partial charge on any atom is 0.317 e. The average molecular weight is 355 g/mol. The Morgan fingerprint density at radius 3 is 2.42 bits per heavy atom. The highest BCUT2D eigenvalue weighted by Crippen LogP contribution is 2.22. The van der Waals surface area contributed by atoms with Crippen LogP contribution in [0.5, 0.6) is 0 Å². The third-order valence-electron chi connectivity index (χ3n) is 5.39. The molecule has 0 radical (unpaired) electrons. The molecule has 1 N–H and O–H groups in total. The molecule has 0 spiro atoms. The summed E-state index contributed by atoms with van der Waals surface area (Å²) in [6, 6.07) is 8.42. The summed E-state index contributed by atoms with van der Waals surface area (Å²) in [5.74, 6) is 0. The molecule has 2 amide bonds. The van der Waals surface area contributed by atoms with Crippen LogP contribution in [-0.4, -0.2) is 38.8 Å². The number of hydrogen-bond donors (Lipinski definition) is 1. The van der Waals surface area contributed by atoms with E-state index in [1.165, 1.54) is 38.4 Å². The van der Waals surface area contributed by atoms with Crippen molar-refractivity contribution in [3.8, 4) is 5.69 Å². The molecular weight excluding hydrogens is 326 g/mol. The van der Waals surface area contributed by atoms with E-state index in [1.54, 1.807) is 15.9 Å². The van der Waals surface area contributed by atoms with Gasteiger partial charge in [-0.15, -0.1) is 0 Å². The Labute approximate surface area is 155 Å². The van der Waals surface area contributed by atoms with Crippen LogP contribution in [0, 0.1) is 0 Å². The zero-order valence-corrected chi connectivity index (χ0v) is 15.8. The number of benzene rings is 1. The lowest BCUT2D eigenvalue weighted by Crippen LogP contribution is -2.44. The Kier molecular flexibility index (Phi) is 6.26. The number of rotatable bonds is 4. The minimum atomic E-state index is 0.00773. The number of nitrogens with zero attached hydrogens (tertiary/aromatic N) is 4. The summed E-state index contributed by atoms with van der Waals surface area (Å²) in [5, 5.41) is 7.37. The quantitative estimate of drug-likeness (QED) is 0.899. The van der Waals surface area contributed by atoms with E-state index in [-0.39, 0.29) is 12.1 Å². The summed E-state index contributed by atoms with van der Waals surface area (Å²) in [5.41, 5.74) is 2.06. The van der Waals surface area contributed by atoms with Crippen LogP contribution in [0.1, 0.15) is 63.5 Å². The van der Waals surface area contributed by atoms with Crippen LogP contribution >= 0.6 is 0 Å². The molecule has 0 saturated heterocycles. The molecule has 6 nitrogen and oxygen atoms in total. The Hall–Kier alpha value is -2.37. The van der Waals surface area contributed by atoms with Crippen molar-refractivity contribution in [1.29, 1.82) is 0 Å². The van der Waals surface area contributed by atoms with Gasteiger partial charge in [0.15, 0.2) is 0 Å². The fraction of sp³-hybridized carbons (Fsp3) is 0.550. The third-order valence-corrected chi connectivity index (χ3v) is 5.39. The number of aromatic nitrogens is 3. The minimum absolute atomic E-state index is 0.00773. The van der Waals surface area contributed by atoms with Gasteiger partial charge in [0.2, 0.25) is 0 Å². The largest absolute Gasteiger partial charge is 0.335 e. The van der Waals surface area contributed by atoms with E-state index >= 15 is 0 Å². The van der Waals surface area contributed by atoms with Crippen LogP contribution in [0.3, 0.4) is 0 Å². The molecule has 1 aromatic heterocycles. The summed E-state index contributed by atoms with van der Waals surface area (Å²) < 4.78 is 1.72. The highest BCUT2D eigenvalue weighted by Gasteiger charge is 2.21. The van der Waals surface area contributed by atoms with Crippen molar-refractivity contribution >= 4 is 6.03 Å². The fourth-order valence-corrected chi connectivity index (χ4v) is 3.52. The molecule has 1 aliphatic carbocycles. The maximum atomic E-state index is 12.7. The Balaban J connectivity index is 1.59. The predicted molar refractivity (Wildman–Crippen MR) is 102 cm³/mol. The van der Waals surface area contributed by atoms with Crippen molar-refractivity contribution in [3.63, 3.8) is 0 Å². The number of hydrogen-bond acceptors (Lipinski definition) is 3. The van der Waals surface area contributed by atoms with Crippen LogP contribution in [0.25, 0.3) is 5.69 Å². The SMILES string of the molecule is C[C@H](c1ccc(-n2cncn2)cc1)N(C)C(=O)NC1CCCCCCC1. The molecule has 0 unspecified atom stereocenters. The molecule has 0 aliphatic heterocycles. The molecule has 2 aromatic rings. The van der Waals surface area contributed by atoms with Crippen LogP contribution in [0.4, 0.5) is 4.79 Å². The van der Waals surface area contributed by atoms with Crippen LogP contribution in [0.15, 0.2) is 36.9 Å². The smallest absolute Gasteiger partial charge is 0.317 e. The molecule has 1 fully saturated rings. The zero-order valence-electron chi connectivity index (χ0n) is 15.8. The Morgan fingerprint density at radius 2 is 1.81 bits per heavy atom. The second-order valence-corrected chi connectivity index (χ2v) is 7.21.